The molecule has 1 N–H and O–H groups in total. The Morgan fingerprint density at radius 3 is 2.88 bits per heavy atom. The van der Waals surface area contributed by atoms with Gasteiger partial charge in [0, 0.05) is 6.07 Å². The van der Waals surface area contributed by atoms with E-state index in [0.717, 1.165) is 4.47 Å². The number of hydrogen-bond acceptors (Lipinski definition) is 4. The van der Waals surface area contributed by atoms with Crippen molar-refractivity contribution in [3.8, 4) is 11.9 Å². The summed E-state index contributed by atoms with van der Waals surface area (Å²) in [6, 6.07) is 3.39. The van der Waals surface area contributed by atoms with E-state index >= 15 is 0 Å². The van der Waals surface area contributed by atoms with Gasteiger partial charge >= 0.3 is 0 Å². The van der Waals surface area contributed by atoms with E-state index in [1.165, 1.54) is 11.8 Å². The van der Waals surface area contributed by atoms with Crippen molar-refractivity contribution >= 4 is 50.1 Å². The molecule has 0 saturated heterocycles. The molecular formula is C10H9BrClN3OS. The number of aliphatic imine (C=N–C) groups is 1. The molecule has 17 heavy (non-hydrogen) atoms. The zero-order chi connectivity index (χ0) is 12.8. The second-order valence-corrected chi connectivity index (χ2v) is 4.85. The summed E-state index contributed by atoms with van der Waals surface area (Å²) in [7, 11) is 1.56. The molecule has 4 nitrogen and oxygen atoms in total. The van der Waals surface area contributed by atoms with Gasteiger partial charge in [-0.15, -0.1) is 0 Å². The van der Waals surface area contributed by atoms with Crippen LogP contribution in [0.25, 0.3) is 0 Å². The molecule has 0 atom stereocenters. The fourth-order valence-corrected chi connectivity index (χ4v) is 2.22. The van der Waals surface area contributed by atoms with Crippen LogP contribution in [0.15, 0.2) is 21.6 Å². The molecule has 0 amide bonds. The highest BCUT2D eigenvalue weighted by Crippen LogP contribution is 2.36. The second kappa shape index (κ2) is 6.74. The van der Waals surface area contributed by atoms with Gasteiger partial charge in [0.25, 0.3) is 0 Å². The van der Waals surface area contributed by atoms with E-state index < -0.39 is 0 Å². The lowest BCUT2D eigenvalue weighted by molar-refractivity contribution is 0.412. The number of benzene rings is 1. The van der Waals surface area contributed by atoms with E-state index in [9.17, 15) is 0 Å². The van der Waals surface area contributed by atoms with Crippen molar-refractivity contribution < 1.29 is 4.74 Å². The highest BCUT2D eigenvalue weighted by atomic mass is 79.9. The lowest BCUT2D eigenvalue weighted by Gasteiger charge is -2.07. The minimum Gasteiger partial charge on any atom is -0.495 e. The fraction of sp³-hybridized carbons (Fsp3) is 0.200. The zero-order valence-electron chi connectivity index (χ0n) is 9.12. The van der Waals surface area contributed by atoms with Gasteiger partial charge in [-0.05, 0) is 28.3 Å². The first-order chi connectivity index (χ1) is 8.12. The molecule has 0 aliphatic carbocycles. The zero-order valence-corrected chi connectivity index (χ0v) is 12.3. The number of nitriles is 1. The summed E-state index contributed by atoms with van der Waals surface area (Å²) >= 11 is 10.7. The lowest BCUT2D eigenvalue weighted by atomic mass is 10.3. The topological polar surface area (TPSA) is 57.4 Å². The highest BCUT2D eigenvalue weighted by Gasteiger charge is 2.08. The summed E-state index contributed by atoms with van der Waals surface area (Å²) in [6.07, 6.45) is 3.63. The van der Waals surface area contributed by atoms with Crippen molar-refractivity contribution in [1.29, 1.82) is 5.26 Å². The van der Waals surface area contributed by atoms with Crippen LogP contribution in [0.1, 0.15) is 0 Å². The quantitative estimate of drug-likeness (QED) is 0.389. The van der Waals surface area contributed by atoms with E-state index in [4.69, 9.17) is 21.6 Å². The van der Waals surface area contributed by atoms with Crippen LogP contribution in [0.5, 0.6) is 5.75 Å². The van der Waals surface area contributed by atoms with Crippen molar-refractivity contribution in [1.82, 2.24) is 5.32 Å². The molecule has 1 aromatic carbocycles. The molecule has 1 rings (SSSR count). The van der Waals surface area contributed by atoms with Gasteiger partial charge in [-0.2, -0.15) is 5.26 Å². The third-order valence-corrected chi connectivity index (χ3v) is 3.30. The third-order valence-electron chi connectivity index (χ3n) is 1.80. The maximum Gasteiger partial charge on any atom is 0.183 e. The number of methoxy groups -OCH3 is 1. The molecule has 0 radical (unpaired) electrons. The Hall–Kier alpha value is -0.900. The summed E-state index contributed by atoms with van der Waals surface area (Å²) in [5.41, 5.74) is 0.541. The van der Waals surface area contributed by atoms with Gasteiger partial charge in [-0.25, -0.2) is 4.99 Å². The van der Waals surface area contributed by atoms with Crippen LogP contribution in [0, 0.1) is 11.5 Å². The molecule has 0 unspecified atom stereocenters. The number of rotatable bonds is 2. The summed E-state index contributed by atoms with van der Waals surface area (Å²) in [5.74, 6) is 0.630. The van der Waals surface area contributed by atoms with Crippen LogP contribution in [0.2, 0.25) is 5.02 Å². The Balaban J connectivity index is 3.18. The average Bonchev–Trinajstić information content (AvgIpc) is 2.31. The van der Waals surface area contributed by atoms with Gasteiger partial charge < -0.3 is 4.74 Å². The van der Waals surface area contributed by atoms with Gasteiger partial charge in [0.2, 0.25) is 0 Å². The molecule has 1 aromatic rings. The number of nitrogens with one attached hydrogen (secondary N) is 1. The standard InChI is InChI=1S/C10H9BrClN3OS/c1-16-9-4-8(7(12)3-6(9)11)15-10(17-2)14-5-13/h3-4H,1-2H3,(H,14,15). The molecule has 0 fully saturated rings. The fourth-order valence-electron chi connectivity index (χ4n) is 1.04. The highest BCUT2D eigenvalue weighted by molar-refractivity contribution is 9.10. The second-order valence-electron chi connectivity index (χ2n) is 2.80. The number of halogens is 2. The Bertz CT molecular complexity index is 487. The van der Waals surface area contributed by atoms with Crippen molar-refractivity contribution in [3.05, 3.63) is 21.6 Å². The van der Waals surface area contributed by atoms with Gasteiger partial charge in [-0.1, -0.05) is 23.4 Å². The smallest absolute Gasteiger partial charge is 0.183 e. The Morgan fingerprint density at radius 2 is 2.35 bits per heavy atom. The van der Waals surface area contributed by atoms with Crippen molar-refractivity contribution in [2.45, 2.75) is 0 Å². The first-order valence-corrected chi connectivity index (χ1v) is 6.82. The number of hydrogen-bond donors (Lipinski definition) is 1. The third kappa shape index (κ3) is 3.80. The number of ether oxygens (including phenoxy) is 1. The first kappa shape index (κ1) is 14.2. The van der Waals surface area contributed by atoms with Crippen LogP contribution < -0.4 is 10.1 Å². The number of thioether (sulfide) groups is 1. The van der Waals surface area contributed by atoms with Gasteiger partial charge in [-0.3, -0.25) is 5.32 Å². The Morgan fingerprint density at radius 1 is 1.65 bits per heavy atom. The van der Waals surface area contributed by atoms with E-state index in [-0.39, 0.29) is 0 Å². The van der Waals surface area contributed by atoms with Crippen LogP contribution in [0.3, 0.4) is 0 Å². The molecular weight excluding hydrogens is 326 g/mol. The first-order valence-electron chi connectivity index (χ1n) is 4.43. The predicted octanol–water partition coefficient (Wildman–Crippen LogP) is 3.53. The molecule has 7 heteroatoms. The van der Waals surface area contributed by atoms with Crippen LogP contribution >= 0.6 is 39.3 Å². The molecule has 90 valence electrons. The molecule has 0 aliphatic heterocycles. The molecule has 0 saturated carbocycles. The monoisotopic (exact) mass is 333 g/mol. The van der Waals surface area contributed by atoms with E-state index in [2.05, 4.69) is 26.2 Å². The van der Waals surface area contributed by atoms with E-state index in [0.29, 0.717) is 21.6 Å². The Labute approximate surface area is 117 Å². The van der Waals surface area contributed by atoms with Gasteiger partial charge in [0.1, 0.15) is 5.75 Å². The minimum absolute atomic E-state index is 0.471. The summed E-state index contributed by atoms with van der Waals surface area (Å²) in [6.45, 7) is 0. The van der Waals surface area contributed by atoms with Crippen molar-refractivity contribution in [2.24, 2.45) is 4.99 Å². The van der Waals surface area contributed by atoms with Crippen LogP contribution in [0.4, 0.5) is 5.69 Å². The Kier molecular flexibility index (Phi) is 5.62. The molecule has 0 bridgehead atoms. The molecule has 0 heterocycles. The summed E-state index contributed by atoms with van der Waals surface area (Å²) in [5, 5.41) is 12.0. The van der Waals surface area contributed by atoms with Gasteiger partial charge in [0.05, 0.1) is 22.3 Å². The molecule has 0 spiro atoms. The normalized spacial score (nSPS) is 10.9. The number of nitrogens with zero attached hydrogens (tertiary/aromatic N) is 2. The number of amidine groups is 1. The summed E-state index contributed by atoms with van der Waals surface area (Å²) < 4.78 is 5.90. The van der Waals surface area contributed by atoms with Crippen molar-refractivity contribution in [3.63, 3.8) is 0 Å². The average molecular weight is 335 g/mol. The molecule has 0 aromatic heterocycles. The predicted molar refractivity (Wildman–Crippen MR) is 75.1 cm³/mol. The minimum atomic E-state index is 0.471. The maximum absolute atomic E-state index is 8.54. The summed E-state index contributed by atoms with van der Waals surface area (Å²) in [4.78, 5) is 4.23. The maximum atomic E-state index is 8.54. The van der Waals surface area contributed by atoms with Crippen LogP contribution in [-0.2, 0) is 0 Å². The largest absolute Gasteiger partial charge is 0.495 e. The SMILES string of the molecule is COc1cc(N=C(NC#N)SC)c(Cl)cc1Br. The van der Waals surface area contributed by atoms with E-state index in [1.54, 1.807) is 19.2 Å². The molecule has 0 aliphatic rings. The van der Waals surface area contributed by atoms with E-state index in [1.807, 2.05) is 12.4 Å². The van der Waals surface area contributed by atoms with Gasteiger partial charge in [0.15, 0.2) is 11.4 Å². The lowest BCUT2D eigenvalue weighted by Crippen LogP contribution is -2.12. The van der Waals surface area contributed by atoms with Crippen molar-refractivity contribution in [2.75, 3.05) is 13.4 Å². The van der Waals surface area contributed by atoms with Crippen LogP contribution in [-0.4, -0.2) is 18.5 Å².